The van der Waals surface area contributed by atoms with Crippen molar-refractivity contribution in [1.29, 1.82) is 0 Å². The van der Waals surface area contributed by atoms with Crippen LogP contribution in [0.5, 0.6) is 17.2 Å². The fraction of sp³-hybridized carbons (Fsp3) is 0.172. The SMILES string of the molecule is COc1ccc(CN2C(=O)C(=O)/C(=C(/O)c3ccc(OC)cc3OC)C2c2c[nH]c3ccccc23)cc1. The fourth-order valence-electron chi connectivity index (χ4n) is 4.75. The Morgan fingerprint density at radius 3 is 2.32 bits per heavy atom. The number of methoxy groups -OCH3 is 3. The monoisotopic (exact) mass is 498 g/mol. The molecule has 5 rings (SSSR count). The molecule has 2 N–H and O–H groups in total. The molecule has 1 amide bonds. The number of para-hydroxylation sites is 1. The van der Waals surface area contributed by atoms with Gasteiger partial charge in [-0.2, -0.15) is 0 Å². The second kappa shape index (κ2) is 9.73. The van der Waals surface area contributed by atoms with Gasteiger partial charge in [-0.1, -0.05) is 30.3 Å². The first-order valence-electron chi connectivity index (χ1n) is 11.7. The number of ketones is 1. The molecule has 2 heterocycles. The fourth-order valence-corrected chi connectivity index (χ4v) is 4.75. The van der Waals surface area contributed by atoms with Gasteiger partial charge in [-0.05, 0) is 35.9 Å². The maximum atomic E-state index is 13.5. The van der Waals surface area contributed by atoms with E-state index in [1.807, 2.05) is 36.4 Å². The van der Waals surface area contributed by atoms with Crippen molar-refractivity contribution in [2.45, 2.75) is 12.6 Å². The van der Waals surface area contributed by atoms with Gasteiger partial charge in [0.2, 0.25) is 0 Å². The molecule has 37 heavy (non-hydrogen) atoms. The van der Waals surface area contributed by atoms with Crippen molar-refractivity contribution in [1.82, 2.24) is 9.88 Å². The van der Waals surface area contributed by atoms with E-state index in [-0.39, 0.29) is 23.4 Å². The van der Waals surface area contributed by atoms with E-state index in [0.717, 1.165) is 16.5 Å². The summed E-state index contributed by atoms with van der Waals surface area (Å²) in [5.74, 6) is -0.243. The van der Waals surface area contributed by atoms with Crippen molar-refractivity contribution >= 4 is 28.4 Å². The van der Waals surface area contributed by atoms with Crippen LogP contribution < -0.4 is 14.2 Å². The van der Waals surface area contributed by atoms with Crippen LogP contribution in [0.4, 0.5) is 0 Å². The van der Waals surface area contributed by atoms with Gasteiger partial charge in [0.25, 0.3) is 11.7 Å². The molecule has 8 nitrogen and oxygen atoms in total. The third-order valence-corrected chi connectivity index (χ3v) is 6.63. The summed E-state index contributed by atoms with van der Waals surface area (Å²) < 4.78 is 16.0. The number of Topliss-reactive ketones (excluding diaryl/α,β-unsaturated/α-hetero) is 1. The Kier molecular flexibility index (Phi) is 6.31. The van der Waals surface area contributed by atoms with Gasteiger partial charge in [0.1, 0.15) is 23.0 Å². The molecule has 0 aliphatic carbocycles. The van der Waals surface area contributed by atoms with E-state index >= 15 is 0 Å². The van der Waals surface area contributed by atoms with Crippen molar-refractivity contribution in [2.75, 3.05) is 21.3 Å². The molecule has 0 saturated carbocycles. The first-order valence-corrected chi connectivity index (χ1v) is 11.7. The zero-order valence-corrected chi connectivity index (χ0v) is 20.6. The van der Waals surface area contributed by atoms with Crippen LogP contribution in [-0.2, 0) is 16.1 Å². The van der Waals surface area contributed by atoms with Crippen molar-refractivity contribution in [3.63, 3.8) is 0 Å². The Labute approximate surface area is 213 Å². The number of aromatic nitrogens is 1. The molecule has 1 aromatic heterocycles. The number of hydrogen-bond acceptors (Lipinski definition) is 6. The number of benzene rings is 3. The maximum absolute atomic E-state index is 13.5. The summed E-state index contributed by atoms with van der Waals surface area (Å²) in [6.45, 7) is 0.162. The Bertz CT molecular complexity index is 1520. The quantitative estimate of drug-likeness (QED) is 0.215. The number of H-pyrrole nitrogens is 1. The number of nitrogens with zero attached hydrogens (tertiary/aromatic N) is 1. The number of aromatic amines is 1. The van der Waals surface area contributed by atoms with Crippen LogP contribution >= 0.6 is 0 Å². The summed E-state index contributed by atoms with van der Waals surface area (Å²) in [6, 6.07) is 19.0. The standard InChI is InChI=1S/C29H26N2O6/c1-35-18-10-8-17(9-11-18)16-31-26(22-15-30-23-7-5-4-6-20(22)23)25(28(33)29(31)34)27(32)21-13-12-19(36-2)14-24(21)37-3/h4-15,26,30,32H,16H2,1-3H3/b27-25+. The largest absolute Gasteiger partial charge is 0.507 e. The van der Waals surface area contributed by atoms with Crippen LogP contribution in [0.1, 0.15) is 22.7 Å². The number of hydrogen-bond donors (Lipinski definition) is 2. The summed E-state index contributed by atoms with van der Waals surface area (Å²) in [6.07, 6.45) is 1.78. The molecular weight excluding hydrogens is 472 g/mol. The number of fused-ring (bicyclic) bond motifs is 1. The molecule has 0 spiro atoms. The lowest BCUT2D eigenvalue weighted by Crippen LogP contribution is -2.29. The predicted molar refractivity (Wildman–Crippen MR) is 139 cm³/mol. The minimum absolute atomic E-state index is 0.00766. The van der Waals surface area contributed by atoms with E-state index < -0.39 is 17.7 Å². The number of aliphatic hydroxyl groups is 1. The van der Waals surface area contributed by atoms with Crippen molar-refractivity contribution in [3.8, 4) is 17.2 Å². The van der Waals surface area contributed by atoms with Crippen LogP contribution in [-0.4, -0.2) is 48.0 Å². The molecule has 4 aromatic rings. The number of likely N-dealkylation sites (tertiary alicyclic amines) is 1. The zero-order valence-electron chi connectivity index (χ0n) is 20.6. The third kappa shape index (κ3) is 4.16. The normalized spacial score (nSPS) is 16.8. The van der Waals surface area contributed by atoms with Crippen LogP contribution in [0, 0.1) is 0 Å². The van der Waals surface area contributed by atoms with E-state index in [0.29, 0.717) is 22.8 Å². The lowest BCUT2D eigenvalue weighted by atomic mass is 9.94. The van der Waals surface area contributed by atoms with Crippen molar-refractivity contribution in [3.05, 3.63) is 95.2 Å². The molecular formula is C29H26N2O6. The van der Waals surface area contributed by atoms with E-state index in [2.05, 4.69) is 4.98 Å². The molecule has 0 bridgehead atoms. The second-order valence-corrected chi connectivity index (χ2v) is 8.63. The van der Waals surface area contributed by atoms with Crippen LogP contribution in [0.15, 0.2) is 78.5 Å². The number of nitrogens with one attached hydrogen (secondary N) is 1. The highest BCUT2D eigenvalue weighted by molar-refractivity contribution is 6.46. The van der Waals surface area contributed by atoms with Gasteiger partial charge < -0.3 is 29.2 Å². The average Bonchev–Trinajstić information content (AvgIpc) is 3.47. The van der Waals surface area contributed by atoms with Gasteiger partial charge in [-0.15, -0.1) is 0 Å². The van der Waals surface area contributed by atoms with Gasteiger partial charge in [-0.25, -0.2) is 0 Å². The molecule has 1 unspecified atom stereocenters. The highest BCUT2D eigenvalue weighted by Crippen LogP contribution is 2.44. The second-order valence-electron chi connectivity index (χ2n) is 8.63. The van der Waals surface area contributed by atoms with E-state index in [9.17, 15) is 14.7 Å². The minimum Gasteiger partial charge on any atom is -0.507 e. The minimum atomic E-state index is -0.829. The summed E-state index contributed by atoms with van der Waals surface area (Å²) in [4.78, 5) is 31.6. The molecule has 1 aliphatic heterocycles. The lowest BCUT2D eigenvalue weighted by Gasteiger charge is -2.25. The number of amides is 1. The van der Waals surface area contributed by atoms with E-state index in [1.54, 1.807) is 43.6 Å². The number of carbonyl (C=O) groups excluding carboxylic acids is 2. The van der Waals surface area contributed by atoms with E-state index in [1.165, 1.54) is 19.1 Å². The number of carbonyl (C=O) groups is 2. The van der Waals surface area contributed by atoms with Crippen LogP contribution in [0.2, 0.25) is 0 Å². The maximum Gasteiger partial charge on any atom is 0.295 e. The van der Waals surface area contributed by atoms with Gasteiger partial charge in [0, 0.05) is 35.3 Å². The zero-order chi connectivity index (χ0) is 26.1. The highest BCUT2D eigenvalue weighted by atomic mass is 16.5. The van der Waals surface area contributed by atoms with E-state index in [4.69, 9.17) is 14.2 Å². The lowest BCUT2D eigenvalue weighted by molar-refractivity contribution is -0.140. The number of aliphatic hydroxyl groups excluding tert-OH is 1. The molecule has 1 aliphatic rings. The summed E-state index contributed by atoms with van der Waals surface area (Å²) in [5, 5.41) is 12.4. The first kappa shape index (κ1) is 24.0. The smallest absolute Gasteiger partial charge is 0.295 e. The summed E-state index contributed by atoms with van der Waals surface area (Å²) >= 11 is 0. The highest BCUT2D eigenvalue weighted by Gasteiger charge is 2.47. The van der Waals surface area contributed by atoms with Gasteiger partial charge in [0.05, 0.1) is 38.5 Å². The van der Waals surface area contributed by atoms with Crippen LogP contribution in [0.3, 0.4) is 0 Å². The summed E-state index contributed by atoms with van der Waals surface area (Å²) in [7, 11) is 4.57. The Balaban J connectivity index is 1.69. The van der Waals surface area contributed by atoms with Gasteiger partial charge >= 0.3 is 0 Å². The molecule has 188 valence electrons. The number of ether oxygens (including phenoxy) is 3. The first-order chi connectivity index (χ1) is 18.0. The number of rotatable bonds is 7. The van der Waals surface area contributed by atoms with Gasteiger partial charge in [-0.3, -0.25) is 9.59 Å². The summed E-state index contributed by atoms with van der Waals surface area (Å²) in [5.41, 5.74) is 2.66. The Hall–Kier alpha value is -4.72. The molecule has 8 heteroatoms. The van der Waals surface area contributed by atoms with Crippen LogP contribution in [0.25, 0.3) is 16.7 Å². The molecule has 3 aromatic carbocycles. The molecule has 0 radical (unpaired) electrons. The average molecular weight is 499 g/mol. The Morgan fingerprint density at radius 1 is 0.919 bits per heavy atom. The predicted octanol–water partition coefficient (Wildman–Crippen LogP) is 4.82. The molecule has 1 atom stereocenters. The third-order valence-electron chi connectivity index (χ3n) is 6.63. The topological polar surface area (TPSA) is 101 Å². The van der Waals surface area contributed by atoms with Crippen molar-refractivity contribution < 1.29 is 28.9 Å². The molecule has 1 saturated heterocycles. The molecule has 1 fully saturated rings. The Morgan fingerprint density at radius 2 is 1.62 bits per heavy atom. The van der Waals surface area contributed by atoms with Crippen molar-refractivity contribution in [2.24, 2.45) is 0 Å². The van der Waals surface area contributed by atoms with Gasteiger partial charge in [0.15, 0.2) is 0 Å².